The number of allylic oxidation sites excluding steroid dienone is 1. The van der Waals surface area contributed by atoms with E-state index < -0.39 is 0 Å². The molecule has 0 N–H and O–H groups in total. The number of rotatable bonds is 11. The molecular weight excluding hydrogens is 462 g/mol. The van der Waals surface area contributed by atoms with Crippen molar-refractivity contribution < 1.29 is 14.3 Å². The zero-order valence-corrected chi connectivity index (χ0v) is 21.3. The van der Waals surface area contributed by atoms with Crippen molar-refractivity contribution in [3.63, 3.8) is 0 Å². The number of para-hydroxylation sites is 2. The summed E-state index contributed by atoms with van der Waals surface area (Å²) < 4.78 is 13.9. The summed E-state index contributed by atoms with van der Waals surface area (Å²) >= 11 is 0. The van der Waals surface area contributed by atoms with E-state index >= 15 is 0 Å². The highest BCUT2D eigenvalue weighted by atomic mass is 16.5. The van der Waals surface area contributed by atoms with Crippen LogP contribution in [0.15, 0.2) is 85.5 Å². The van der Waals surface area contributed by atoms with E-state index in [1.165, 1.54) is 5.56 Å². The topological polar surface area (TPSA) is 56.6 Å². The first-order valence-corrected chi connectivity index (χ1v) is 12.8. The van der Waals surface area contributed by atoms with Gasteiger partial charge >= 0.3 is 0 Å². The molecule has 1 atom stereocenters. The van der Waals surface area contributed by atoms with Crippen LogP contribution in [0.2, 0.25) is 0 Å². The molecule has 4 aromatic rings. The average molecular weight is 496 g/mol. The predicted octanol–water partition coefficient (Wildman–Crippen LogP) is 5.41. The van der Waals surface area contributed by atoms with Gasteiger partial charge in [-0.05, 0) is 48.2 Å². The monoisotopic (exact) mass is 495 g/mol. The number of amides is 1. The third-order valence-corrected chi connectivity index (χ3v) is 6.96. The predicted molar refractivity (Wildman–Crippen MR) is 146 cm³/mol. The van der Waals surface area contributed by atoms with Crippen molar-refractivity contribution in [2.45, 2.75) is 31.7 Å². The van der Waals surface area contributed by atoms with Crippen LogP contribution in [0.5, 0.6) is 11.5 Å². The summed E-state index contributed by atoms with van der Waals surface area (Å²) in [5, 5.41) is 0. The molecule has 0 spiro atoms. The van der Waals surface area contributed by atoms with E-state index in [1.807, 2.05) is 65.6 Å². The van der Waals surface area contributed by atoms with Gasteiger partial charge in [-0.3, -0.25) is 4.79 Å². The molecule has 0 bridgehead atoms. The highest BCUT2D eigenvalue weighted by molar-refractivity contribution is 5.81. The zero-order chi connectivity index (χ0) is 25.6. The molecule has 190 valence electrons. The molecule has 3 aromatic carbocycles. The van der Waals surface area contributed by atoms with Gasteiger partial charge in [0.2, 0.25) is 5.91 Å². The van der Waals surface area contributed by atoms with E-state index in [9.17, 15) is 4.79 Å². The number of imidazole rings is 1. The fourth-order valence-electron chi connectivity index (χ4n) is 5.08. The fourth-order valence-corrected chi connectivity index (χ4v) is 5.08. The summed E-state index contributed by atoms with van der Waals surface area (Å²) in [6.45, 7) is 6.31. The fraction of sp³-hybridized carbons (Fsp3) is 0.290. The first-order chi connectivity index (χ1) is 18.2. The number of aromatic nitrogens is 2. The van der Waals surface area contributed by atoms with Gasteiger partial charge in [0.1, 0.15) is 12.4 Å². The van der Waals surface area contributed by atoms with Crippen LogP contribution in [0.3, 0.4) is 0 Å². The molecule has 0 radical (unpaired) electrons. The third kappa shape index (κ3) is 5.53. The molecule has 1 aromatic heterocycles. The molecule has 37 heavy (non-hydrogen) atoms. The van der Waals surface area contributed by atoms with Crippen molar-refractivity contribution in [1.82, 2.24) is 14.5 Å². The second-order valence-electron chi connectivity index (χ2n) is 9.41. The number of hydrogen-bond acceptors (Lipinski definition) is 4. The summed E-state index contributed by atoms with van der Waals surface area (Å²) in [7, 11) is 1.65. The lowest BCUT2D eigenvalue weighted by Crippen LogP contribution is -2.27. The largest absolute Gasteiger partial charge is 0.493 e. The molecule has 6 nitrogen and oxygen atoms in total. The van der Waals surface area contributed by atoms with Crippen molar-refractivity contribution in [3.05, 3.63) is 102 Å². The van der Waals surface area contributed by atoms with Gasteiger partial charge in [0.15, 0.2) is 11.5 Å². The Morgan fingerprint density at radius 1 is 1.00 bits per heavy atom. The van der Waals surface area contributed by atoms with Crippen molar-refractivity contribution in [2.75, 3.05) is 26.8 Å². The number of likely N-dealkylation sites (tertiary alicyclic amines) is 1. The van der Waals surface area contributed by atoms with Gasteiger partial charge in [-0.2, -0.15) is 0 Å². The van der Waals surface area contributed by atoms with Gasteiger partial charge in [0.05, 0.1) is 24.7 Å². The van der Waals surface area contributed by atoms with Crippen LogP contribution in [-0.2, 0) is 24.2 Å². The minimum absolute atomic E-state index is 0.0587. The standard InChI is InChI=1S/C31H33N3O3/c1-3-9-24-14-15-28(29(20-24)36-2)37-19-18-34-27-13-8-7-12-26(27)32-31(34)25-21-30(35)33(22-25)17-16-23-10-5-4-6-11-23/h3-8,10-15,20,25H,1,9,16-19,21-22H2,2H3. The maximum Gasteiger partial charge on any atom is 0.223 e. The van der Waals surface area contributed by atoms with Crippen LogP contribution < -0.4 is 9.47 Å². The molecule has 5 rings (SSSR count). The SMILES string of the molecule is C=CCc1ccc(OCCn2c(C3CC(=O)N(CCc4ccccc4)C3)nc3ccccc32)c(OC)c1. The second-order valence-corrected chi connectivity index (χ2v) is 9.41. The van der Waals surface area contributed by atoms with Crippen LogP contribution >= 0.6 is 0 Å². The van der Waals surface area contributed by atoms with E-state index in [1.54, 1.807) is 7.11 Å². The first kappa shape index (κ1) is 24.6. The maximum absolute atomic E-state index is 12.9. The number of benzene rings is 3. The molecule has 0 saturated carbocycles. The molecule has 6 heteroatoms. The van der Waals surface area contributed by atoms with E-state index in [0.717, 1.165) is 41.8 Å². The summed E-state index contributed by atoms with van der Waals surface area (Å²) in [6.07, 6.45) is 4.00. The lowest BCUT2D eigenvalue weighted by molar-refractivity contribution is -0.127. The minimum Gasteiger partial charge on any atom is -0.493 e. The van der Waals surface area contributed by atoms with Crippen LogP contribution in [0.1, 0.15) is 29.3 Å². The van der Waals surface area contributed by atoms with Crippen molar-refractivity contribution in [3.8, 4) is 11.5 Å². The Balaban J connectivity index is 1.31. The summed E-state index contributed by atoms with van der Waals surface area (Å²) in [6, 6.07) is 24.4. The van der Waals surface area contributed by atoms with Crippen molar-refractivity contribution in [2.24, 2.45) is 0 Å². The van der Waals surface area contributed by atoms with Crippen LogP contribution in [0.25, 0.3) is 11.0 Å². The highest BCUT2D eigenvalue weighted by Gasteiger charge is 2.33. The van der Waals surface area contributed by atoms with Gasteiger partial charge in [-0.15, -0.1) is 6.58 Å². The molecule has 1 aliphatic rings. The number of methoxy groups -OCH3 is 1. The van der Waals surface area contributed by atoms with Crippen molar-refractivity contribution in [1.29, 1.82) is 0 Å². The maximum atomic E-state index is 12.9. The minimum atomic E-state index is 0.0587. The summed E-state index contributed by atoms with van der Waals surface area (Å²) in [4.78, 5) is 19.8. The van der Waals surface area contributed by atoms with Gasteiger partial charge in [0.25, 0.3) is 0 Å². The molecule has 1 amide bonds. The Kier molecular flexibility index (Phi) is 7.54. The molecule has 0 aliphatic carbocycles. The molecule has 1 saturated heterocycles. The van der Waals surface area contributed by atoms with Gasteiger partial charge in [-0.25, -0.2) is 4.98 Å². The van der Waals surface area contributed by atoms with E-state index in [-0.39, 0.29) is 11.8 Å². The van der Waals surface area contributed by atoms with E-state index in [2.05, 4.69) is 29.3 Å². The number of carbonyl (C=O) groups is 1. The molecule has 1 unspecified atom stereocenters. The van der Waals surface area contributed by atoms with Gasteiger partial charge in [-0.1, -0.05) is 54.6 Å². The molecular formula is C31H33N3O3. The Hall–Kier alpha value is -4.06. The van der Waals surface area contributed by atoms with Crippen LogP contribution in [-0.4, -0.2) is 47.2 Å². The second kappa shape index (κ2) is 11.3. The molecule has 1 fully saturated rings. The van der Waals surface area contributed by atoms with E-state index in [4.69, 9.17) is 14.5 Å². The van der Waals surface area contributed by atoms with Gasteiger partial charge in [0, 0.05) is 25.4 Å². The quantitative estimate of drug-likeness (QED) is 0.261. The lowest BCUT2D eigenvalue weighted by Gasteiger charge is -2.18. The summed E-state index contributed by atoms with van der Waals surface area (Å²) in [5.74, 6) is 2.63. The number of hydrogen-bond donors (Lipinski definition) is 0. The van der Waals surface area contributed by atoms with E-state index in [0.29, 0.717) is 37.6 Å². The molecule has 1 aliphatic heterocycles. The average Bonchev–Trinajstić information content (AvgIpc) is 3.49. The Labute approximate surface area is 218 Å². The highest BCUT2D eigenvalue weighted by Crippen LogP contribution is 2.32. The lowest BCUT2D eigenvalue weighted by atomic mass is 10.1. The van der Waals surface area contributed by atoms with Crippen LogP contribution in [0.4, 0.5) is 0 Å². The zero-order valence-electron chi connectivity index (χ0n) is 21.3. The smallest absolute Gasteiger partial charge is 0.223 e. The van der Waals surface area contributed by atoms with Crippen LogP contribution in [0, 0.1) is 0 Å². The Morgan fingerprint density at radius 2 is 1.81 bits per heavy atom. The Bertz CT molecular complexity index is 1380. The number of fused-ring (bicyclic) bond motifs is 1. The third-order valence-electron chi connectivity index (χ3n) is 6.96. The van der Waals surface area contributed by atoms with Gasteiger partial charge < -0.3 is 18.9 Å². The first-order valence-electron chi connectivity index (χ1n) is 12.8. The number of nitrogens with zero attached hydrogens (tertiary/aromatic N) is 3. The summed E-state index contributed by atoms with van der Waals surface area (Å²) in [5.41, 5.74) is 4.38. The number of ether oxygens (including phenoxy) is 2. The Morgan fingerprint density at radius 3 is 2.62 bits per heavy atom. The molecule has 2 heterocycles. The number of carbonyl (C=O) groups excluding carboxylic acids is 1. The normalized spacial score (nSPS) is 15.3. The van der Waals surface area contributed by atoms with Crippen molar-refractivity contribution >= 4 is 16.9 Å².